The number of aryl methyl sites for hydroxylation is 4. The summed E-state index contributed by atoms with van der Waals surface area (Å²) in [6.45, 7) is 9.09. The molecular formula is C14H18BrN3. The highest BCUT2D eigenvalue weighted by Gasteiger charge is 2.08. The monoisotopic (exact) mass is 307 g/mol. The Hall–Kier alpha value is -1.29. The predicted octanol–water partition coefficient (Wildman–Crippen LogP) is 4.02. The second-order valence-electron chi connectivity index (χ2n) is 4.70. The maximum absolute atomic E-state index is 4.21. The summed E-state index contributed by atoms with van der Waals surface area (Å²) < 4.78 is 1.11. The van der Waals surface area contributed by atoms with Gasteiger partial charge in [0.1, 0.15) is 0 Å². The minimum Gasteiger partial charge on any atom is -0.380 e. The third-order valence-electron chi connectivity index (χ3n) is 3.15. The largest absolute Gasteiger partial charge is 0.380 e. The Kier molecular flexibility index (Phi) is 3.76. The molecule has 0 unspecified atom stereocenters. The van der Waals surface area contributed by atoms with Gasteiger partial charge in [0.25, 0.3) is 0 Å². The summed E-state index contributed by atoms with van der Waals surface area (Å²) in [5.41, 5.74) is 7.09. The van der Waals surface area contributed by atoms with Crippen molar-refractivity contribution in [2.75, 3.05) is 5.32 Å². The third-order valence-corrected chi connectivity index (χ3v) is 3.78. The summed E-state index contributed by atoms with van der Waals surface area (Å²) in [5, 5.41) is 10.7. The van der Waals surface area contributed by atoms with Gasteiger partial charge in [-0.25, -0.2) is 0 Å². The van der Waals surface area contributed by atoms with Crippen LogP contribution >= 0.6 is 15.9 Å². The van der Waals surface area contributed by atoms with Gasteiger partial charge in [0.15, 0.2) is 0 Å². The van der Waals surface area contributed by atoms with Crippen LogP contribution in [0.3, 0.4) is 0 Å². The Morgan fingerprint density at radius 3 is 2.50 bits per heavy atom. The van der Waals surface area contributed by atoms with Gasteiger partial charge in [0, 0.05) is 22.3 Å². The standard InChI is InChI=1S/C14H18BrN3/c1-8-5-9(2)14(13(15)6-8)16-7-12-10(3)17-18-11(12)4/h5-6,16H,7H2,1-4H3,(H,17,18). The fourth-order valence-electron chi connectivity index (χ4n) is 2.15. The number of hydrogen-bond donors (Lipinski definition) is 2. The van der Waals surface area contributed by atoms with Gasteiger partial charge in [0.2, 0.25) is 0 Å². The lowest BCUT2D eigenvalue weighted by Crippen LogP contribution is -2.04. The van der Waals surface area contributed by atoms with Gasteiger partial charge in [-0.3, -0.25) is 5.10 Å². The van der Waals surface area contributed by atoms with Crippen molar-refractivity contribution in [2.24, 2.45) is 0 Å². The number of benzene rings is 1. The molecule has 0 bridgehead atoms. The van der Waals surface area contributed by atoms with Crippen molar-refractivity contribution in [3.05, 3.63) is 44.7 Å². The van der Waals surface area contributed by atoms with Gasteiger partial charge >= 0.3 is 0 Å². The van der Waals surface area contributed by atoms with Gasteiger partial charge in [0.05, 0.1) is 11.4 Å². The lowest BCUT2D eigenvalue weighted by atomic mass is 10.1. The van der Waals surface area contributed by atoms with E-state index in [-0.39, 0.29) is 0 Å². The van der Waals surface area contributed by atoms with Gasteiger partial charge in [-0.2, -0.15) is 5.10 Å². The average Bonchev–Trinajstić information content (AvgIpc) is 2.58. The number of anilines is 1. The highest BCUT2D eigenvalue weighted by atomic mass is 79.9. The summed E-state index contributed by atoms with van der Waals surface area (Å²) in [7, 11) is 0. The van der Waals surface area contributed by atoms with E-state index in [9.17, 15) is 0 Å². The molecule has 3 nitrogen and oxygen atoms in total. The summed E-state index contributed by atoms with van der Waals surface area (Å²) in [4.78, 5) is 0. The Labute approximate surface area is 116 Å². The maximum Gasteiger partial charge on any atom is 0.0643 e. The van der Waals surface area contributed by atoms with Crippen molar-refractivity contribution < 1.29 is 0 Å². The van der Waals surface area contributed by atoms with Crippen LogP contribution in [-0.2, 0) is 6.54 Å². The number of aromatic amines is 1. The number of rotatable bonds is 3. The summed E-state index contributed by atoms with van der Waals surface area (Å²) in [6, 6.07) is 4.31. The molecule has 96 valence electrons. The van der Waals surface area contributed by atoms with E-state index in [0.29, 0.717) is 0 Å². The van der Waals surface area contributed by atoms with E-state index in [0.717, 1.165) is 28.1 Å². The van der Waals surface area contributed by atoms with Crippen molar-refractivity contribution in [1.29, 1.82) is 0 Å². The maximum atomic E-state index is 4.21. The van der Waals surface area contributed by atoms with Crippen LogP contribution in [0.1, 0.15) is 28.1 Å². The molecular weight excluding hydrogens is 290 g/mol. The van der Waals surface area contributed by atoms with E-state index >= 15 is 0 Å². The number of hydrogen-bond acceptors (Lipinski definition) is 2. The van der Waals surface area contributed by atoms with Gasteiger partial charge < -0.3 is 5.32 Å². The normalized spacial score (nSPS) is 10.7. The van der Waals surface area contributed by atoms with E-state index in [2.05, 4.69) is 57.4 Å². The first-order valence-electron chi connectivity index (χ1n) is 6.00. The zero-order valence-corrected chi connectivity index (χ0v) is 12.8. The molecule has 0 aliphatic carbocycles. The molecule has 4 heteroatoms. The van der Waals surface area contributed by atoms with Crippen LogP contribution in [0.5, 0.6) is 0 Å². The van der Waals surface area contributed by atoms with E-state index in [1.165, 1.54) is 16.7 Å². The first kappa shape index (κ1) is 13.1. The molecule has 0 saturated carbocycles. The molecule has 0 aliphatic rings. The molecule has 0 saturated heterocycles. The molecule has 1 aromatic carbocycles. The van der Waals surface area contributed by atoms with Crippen LogP contribution in [0, 0.1) is 27.7 Å². The summed E-state index contributed by atoms with van der Waals surface area (Å²) in [5.74, 6) is 0. The molecule has 1 heterocycles. The highest BCUT2D eigenvalue weighted by molar-refractivity contribution is 9.10. The van der Waals surface area contributed by atoms with Crippen molar-refractivity contribution in [3.8, 4) is 0 Å². The molecule has 1 aromatic heterocycles. The first-order chi connectivity index (χ1) is 8.49. The van der Waals surface area contributed by atoms with E-state index in [1.54, 1.807) is 0 Å². The fourth-order valence-corrected chi connectivity index (χ4v) is 2.96. The predicted molar refractivity (Wildman–Crippen MR) is 79.0 cm³/mol. The Morgan fingerprint density at radius 1 is 1.22 bits per heavy atom. The van der Waals surface area contributed by atoms with Gasteiger partial charge in [-0.05, 0) is 60.8 Å². The molecule has 0 aliphatic heterocycles. The highest BCUT2D eigenvalue weighted by Crippen LogP contribution is 2.28. The summed E-state index contributed by atoms with van der Waals surface area (Å²) in [6.07, 6.45) is 0. The minimum atomic E-state index is 0.788. The topological polar surface area (TPSA) is 40.7 Å². The van der Waals surface area contributed by atoms with Crippen LogP contribution in [0.25, 0.3) is 0 Å². The SMILES string of the molecule is Cc1cc(C)c(NCc2c(C)n[nH]c2C)c(Br)c1. The van der Waals surface area contributed by atoms with Crippen LogP contribution in [0.15, 0.2) is 16.6 Å². The van der Waals surface area contributed by atoms with E-state index < -0.39 is 0 Å². The second-order valence-corrected chi connectivity index (χ2v) is 5.56. The second kappa shape index (κ2) is 5.14. The van der Waals surface area contributed by atoms with Crippen molar-refractivity contribution >= 4 is 21.6 Å². The van der Waals surface area contributed by atoms with Crippen LogP contribution in [0.4, 0.5) is 5.69 Å². The third kappa shape index (κ3) is 2.58. The molecule has 18 heavy (non-hydrogen) atoms. The quantitative estimate of drug-likeness (QED) is 0.899. The van der Waals surface area contributed by atoms with Crippen LogP contribution in [0.2, 0.25) is 0 Å². The fraction of sp³-hybridized carbons (Fsp3) is 0.357. The van der Waals surface area contributed by atoms with Gasteiger partial charge in [-0.1, -0.05) is 6.07 Å². The molecule has 2 rings (SSSR count). The molecule has 2 N–H and O–H groups in total. The molecule has 0 fully saturated rings. The number of H-pyrrole nitrogens is 1. The van der Waals surface area contributed by atoms with Gasteiger partial charge in [-0.15, -0.1) is 0 Å². The molecule has 2 aromatic rings. The van der Waals surface area contributed by atoms with Crippen LogP contribution in [-0.4, -0.2) is 10.2 Å². The van der Waals surface area contributed by atoms with Crippen molar-refractivity contribution in [2.45, 2.75) is 34.2 Å². The lowest BCUT2D eigenvalue weighted by Gasteiger charge is -2.13. The molecule has 0 atom stereocenters. The van der Waals surface area contributed by atoms with E-state index in [4.69, 9.17) is 0 Å². The average molecular weight is 308 g/mol. The molecule has 0 spiro atoms. The van der Waals surface area contributed by atoms with Crippen molar-refractivity contribution in [1.82, 2.24) is 10.2 Å². The molecule has 0 amide bonds. The number of aromatic nitrogens is 2. The Balaban J connectivity index is 2.21. The first-order valence-corrected chi connectivity index (χ1v) is 6.79. The minimum absolute atomic E-state index is 0.788. The number of nitrogens with one attached hydrogen (secondary N) is 2. The zero-order chi connectivity index (χ0) is 13.3. The summed E-state index contributed by atoms with van der Waals surface area (Å²) >= 11 is 3.61. The smallest absolute Gasteiger partial charge is 0.0643 e. The lowest BCUT2D eigenvalue weighted by molar-refractivity contribution is 1.02. The Bertz CT molecular complexity index is 530. The van der Waals surface area contributed by atoms with Crippen LogP contribution < -0.4 is 5.32 Å². The molecule has 0 radical (unpaired) electrons. The number of nitrogens with zero attached hydrogens (tertiary/aromatic N) is 1. The number of halogens is 1. The zero-order valence-electron chi connectivity index (χ0n) is 11.2. The van der Waals surface area contributed by atoms with E-state index in [1.807, 2.05) is 13.8 Å². The Morgan fingerprint density at radius 2 is 1.94 bits per heavy atom. The van der Waals surface area contributed by atoms with Crippen molar-refractivity contribution in [3.63, 3.8) is 0 Å².